The van der Waals surface area contributed by atoms with Gasteiger partial charge in [0, 0.05) is 44.9 Å². The van der Waals surface area contributed by atoms with Crippen molar-refractivity contribution in [2.75, 3.05) is 46.9 Å². The third-order valence-corrected chi connectivity index (χ3v) is 4.32. The van der Waals surface area contributed by atoms with E-state index in [1.165, 1.54) is 51.9 Å². The molecule has 1 aliphatic heterocycles. The van der Waals surface area contributed by atoms with Crippen LogP contribution in [-0.4, -0.2) is 68.8 Å². The Hall–Kier alpha value is -0.160. The van der Waals surface area contributed by atoms with Gasteiger partial charge in [-0.2, -0.15) is 0 Å². The van der Waals surface area contributed by atoms with Crippen LogP contribution in [0.25, 0.3) is 0 Å². The van der Waals surface area contributed by atoms with Crippen LogP contribution in [0.15, 0.2) is 0 Å². The highest BCUT2D eigenvalue weighted by molar-refractivity contribution is 4.84. The molecule has 1 saturated carbocycles. The molecule has 4 nitrogen and oxygen atoms in total. The first-order valence-corrected chi connectivity index (χ1v) is 7.10. The van der Waals surface area contributed by atoms with E-state index in [9.17, 15) is 0 Å². The lowest BCUT2D eigenvalue weighted by Crippen LogP contribution is -2.51. The number of piperazine rings is 1. The van der Waals surface area contributed by atoms with Crippen molar-refractivity contribution in [3.05, 3.63) is 0 Å². The SMILES string of the molecule is CNCNC1CCC(N2CCN(C)CC2)CC1. The van der Waals surface area contributed by atoms with Gasteiger partial charge in [0.15, 0.2) is 0 Å². The fourth-order valence-electron chi connectivity index (χ4n) is 3.08. The van der Waals surface area contributed by atoms with Crippen LogP contribution in [0.2, 0.25) is 0 Å². The number of hydrogen-bond acceptors (Lipinski definition) is 4. The minimum absolute atomic E-state index is 0.742. The fourth-order valence-corrected chi connectivity index (χ4v) is 3.08. The average molecular weight is 240 g/mol. The molecule has 2 N–H and O–H groups in total. The van der Waals surface area contributed by atoms with Crippen molar-refractivity contribution >= 4 is 0 Å². The summed E-state index contributed by atoms with van der Waals surface area (Å²) in [5.41, 5.74) is 0. The van der Waals surface area contributed by atoms with Crippen LogP contribution < -0.4 is 10.6 Å². The standard InChI is InChI=1S/C13H28N4/c1-14-11-15-12-3-5-13(6-4-12)17-9-7-16(2)8-10-17/h12-15H,3-11H2,1-2H3. The summed E-state index contributed by atoms with van der Waals surface area (Å²) in [4.78, 5) is 5.16. The molecular formula is C13H28N4. The zero-order chi connectivity index (χ0) is 12.1. The molecule has 4 heteroatoms. The molecule has 2 aliphatic rings. The van der Waals surface area contributed by atoms with Gasteiger partial charge < -0.3 is 15.5 Å². The quantitative estimate of drug-likeness (QED) is 0.693. The lowest BCUT2D eigenvalue weighted by Gasteiger charge is -2.41. The molecule has 17 heavy (non-hydrogen) atoms. The Labute approximate surface area is 106 Å². The Morgan fingerprint density at radius 3 is 2.24 bits per heavy atom. The summed E-state index contributed by atoms with van der Waals surface area (Å²) in [6.07, 6.45) is 5.45. The van der Waals surface area contributed by atoms with Gasteiger partial charge in [-0.25, -0.2) is 0 Å². The van der Waals surface area contributed by atoms with Crippen molar-refractivity contribution in [1.29, 1.82) is 0 Å². The smallest absolute Gasteiger partial charge is 0.0453 e. The van der Waals surface area contributed by atoms with E-state index < -0.39 is 0 Å². The highest BCUT2D eigenvalue weighted by Crippen LogP contribution is 2.23. The van der Waals surface area contributed by atoms with Gasteiger partial charge in [-0.05, 0) is 39.8 Å². The van der Waals surface area contributed by atoms with E-state index in [1.807, 2.05) is 7.05 Å². The van der Waals surface area contributed by atoms with Crippen LogP contribution in [0.1, 0.15) is 25.7 Å². The maximum absolute atomic E-state index is 3.56. The molecule has 1 aliphatic carbocycles. The van der Waals surface area contributed by atoms with E-state index in [2.05, 4.69) is 27.5 Å². The Bertz CT molecular complexity index is 205. The summed E-state index contributed by atoms with van der Waals surface area (Å²) in [6, 6.07) is 1.60. The topological polar surface area (TPSA) is 30.5 Å². The van der Waals surface area contributed by atoms with E-state index in [1.54, 1.807) is 0 Å². The summed E-state index contributed by atoms with van der Waals surface area (Å²) in [5.74, 6) is 0. The first kappa shape index (κ1) is 13.3. The Morgan fingerprint density at radius 2 is 1.65 bits per heavy atom. The third kappa shape index (κ3) is 3.91. The molecule has 2 fully saturated rings. The summed E-state index contributed by atoms with van der Waals surface area (Å²) in [7, 11) is 4.23. The average Bonchev–Trinajstić information content (AvgIpc) is 2.38. The highest BCUT2D eigenvalue weighted by Gasteiger charge is 2.27. The van der Waals surface area contributed by atoms with Crippen LogP contribution in [0.4, 0.5) is 0 Å². The molecule has 0 aromatic carbocycles. The van der Waals surface area contributed by atoms with E-state index >= 15 is 0 Å². The first-order valence-electron chi connectivity index (χ1n) is 7.10. The largest absolute Gasteiger partial charge is 0.308 e. The second kappa shape index (κ2) is 6.69. The molecule has 100 valence electrons. The van der Waals surface area contributed by atoms with Crippen LogP contribution in [0, 0.1) is 0 Å². The summed E-state index contributed by atoms with van der Waals surface area (Å²) < 4.78 is 0. The Morgan fingerprint density at radius 1 is 1.00 bits per heavy atom. The van der Waals surface area contributed by atoms with Gasteiger partial charge >= 0.3 is 0 Å². The molecule has 0 atom stereocenters. The van der Waals surface area contributed by atoms with Gasteiger partial charge in [-0.1, -0.05) is 0 Å². The second-order valence-electron chi connectivity index (χ2n) is 5.58. The second-order valence-corrected chi connectivity index (χ2v) is 5.58. The molecule has 1 heterocycles. The van der Waals surface area contributed by atoms with Crippen LogP contribution in [-0.2, 0) is 0 Å². The summed E-state index contributed by atoms with van der Waals surface area (Å²) in [5, 5.41) is 6.73. The minimum Gasteiger partial charge on any atom is -0.308 e. The predicted molar refractivity (Wildman–Crippen MR) is 72.2 cm³/mol. The van der Waals surface area contributed by atoms with Crippen LogP contribution in [0.3, 0.4) is 0 Å². The van der Waals surface area contributed by atoms with E-state index in [0.29, 0.717) is 0 Å². The molecule has 2 rings (SSSR count). The molecule has 0 aromatic heterocycles. The lowest BCUT2D eigenvalue weighted by molar-refractivity contribution is 0.0852. The number of likely N-dealkylation sites (N-methyl/N-ethyl adjacent to an activating group) is 1. The number of nitrogens with zero attached hydrogens (tertiary/aromatic N) is 2. The highest BCUT2D eigenvalue weighted by atomic mass is 15.3. The minimum atomic E-state index is 0.742. The molecule has 0 amide bonds. The van der Waals surface area contributed by atoms with E-state index in [0.717, 1.165) is 18.8 Å². The van der Waals surface area contributed by atoms with Gasteiger partial charge in [-0.15, -0.1) is 0 Å². The maximum atomic E-state index is 3.56. The monoisotopic (exact) mass is 240 g/mol. The first-order chi connectivity index (χ1) is 8.29. The summed E-state index contributed by atoms with van der Waals surface area (Å²) >= 11 is 0. The third-order valence-electron chi connectivity index (χ3n) is 4.32. The van der Waals surface area contributed by atoms with Crippen molar-refractivity contribution in [2.45, 2.75) is 37.8 Å². The van der Waals surface area contributed by atoms with Gasteiger partial charge in [0.2, 0.25) is 0 Å². The normalized spacial score (nSPS) is 32.8. The number of nitrogens with one attached hydrogen (secondary N) is 2. The van der Waals surface area contributed by atoms with Crippen molar-refractivity contribution in [3.8, 4) is 0 Å². The zero-order valence-electron chi connectivity index (χ0n) is 11.4. The molecule has 0 aromatic rings. The van der Waals surface area contributed by atoms with Gasteiger partial charge in [0.25, 0.3) is 0 Å². The predicted octanol–water partition coefficient (Wildman–Crippen LogP) is 0.312. The number of hydrogen-bond donors (Lipinski definition) is 2. The number of rotatable bonds is 4. The molecular weight excluding hydrogens is 212 g/mol. The molecule has 0 radical (unpaired) electrons. The molecule has 1 saturated heterocycles. The zero-order valence-corrected chi connectivity index (χ0v) is 11.4. The molecule has 0 spiro atoms. The lowest BCUT2D eigenvalue weighted by atomic mass is 9.90. The molecule has 0 unspecified atom stereocenters. The van der Waals surface area contributed by atoms with Gasteiger partial charge in [-0.3, -0.25) is 4.90 Å². The Kier molecular flexibility index (Phi) is 5.22. The van der Waals surface area contributed by atoms with Crippen LogP contribution in [0.5, 0.6) is 0 Å². The van der Waals surface area contributed by atoms with Crippen molar-refractivity contribution < 1.29 is 0 Å². The van der Waals surface area contributed by atoms with Crippen LogP contribution >= 0.6 is 0 Å². The summed E-state index contributed by atoms with van der Waals surface area (Å²) in [6.45, 7) is 5.99. The van der Waals surface area contributed by atoms with Gasteiger partial charge in [0.1, 0.15) is 0 Å². The van der Waals surface area contributed by atoms with Gasteiger partial charge in [0.05, 0.1) is 0 Å². The van der Waals surface area contributed by atoms with E-state index in [4.69, 9.17) is 0 Å². The Balaban J connectivity index is 1.68. The van der Waals surface area contributed by atoms with Crippen molar-refractivity contribution in [2.24, 2.45) is 0 Å². The van der Waals surface area contributed by atoms with Crippen molar-refractivity contribution in [3.63, 3.8) is 0 Å². The maximum Gasteiger partial charge on any atom is 0.0453 e. The molecule has 0 bridgehead atoms. The van der Waals surface area contributed by atoms with E-state index in [-0.39, 0.29) is 0 Å². The fraction of sp³-hybridized carbons (Fsp3) is 1.00. The van der Waals surface area contributed by atoms with Crippen molar-refractivity contribution in [1.82, 2.24) is 20.4 Å².